The normalized spacial score (nSPS) is 21.5. The molecule has 1 saturated heterocycles. The van der Waals surface area contributed by atoms with E-state index in [4.69, 9.17) is 0 Å². The molecule has 1 aromatic rings. The lowest BCUT2D eigenvalue weighted by Gasteiger charge is -2.28. The van der Waals surface area contributed by atoms with Crippen LogP contribution in [0, 0.1) is 0 Å². The quantitative estimate of drug-likeness (QED) is 0.824. The van der Waals surface area contributed by atoms with Crippen molar-refractivity contribution < 1.29 is 0 Å². The van der Waals surface area contributed by atoms with Gasteiger partial charge in [0.25, 0.3) is 0 Å². The third-order valence-electron chi connectivity index (χ3n) is 4.33. The molecule has 1 aromatic carbocycles. The zero-order chi connectivity index (χ0) is 14.4. The van der Waals surface area contributed by atoms with Crippen molar-refractivity contribution in [3.63, 3.8) is 0 Å². The van der Waals surface area contributed by atoms with E-state index >= 15 is 0 Å². The monoisotopic (exact) mass is 275 g/mol. The molecule has 0 amide bonds. The molecule has 2 unspecified atom stereocenters. The first-order valence-corrected chi connectivity index (χ1v) is 7.81. The minimum Gasteiger partial charge on any atom is -0.313 e. The average Bonchev–Trinajstić information content (AvgIpc) is 2.87. The number of likely N-dealkylation sites (tertiary alicyclic amines) is 1. The largest absolute Gasteiger partial charge is 0.313 e. The van der Waals surface area contributed by atoms with Crippen LogP contribution in [0.15, 0.2) is 30.3 Å². The Morgan fingerprint density at radius 3 is 2.70 bits per heavy atom. The summed E-state index contributed by atoms with van der Waals surface area (Å²) >= 11 is 0. The number of hydrogen-bond acceptors (Lipinski definition) is 3. The molecule has 3 heteroatoms. The minimum atomic E-state index is 0.469. The van der Waals surface area contributed by atoms with Crippen LogP contribution in [0.3, 0.4) is 0 Å². The Kier molecular flexibility index (Phi) is 6.02. The maximum Gasteiger partial charge on any atom is 0.0329 e. The molecule has 1 fully saturated rings. The van der Waals surface area contributed by atoms with Gasteiger partial charge in [-0.05, 0) is 52.5 Å². The van der Waals surface area contributed by atoms with E-state index in [1.807, 2.05) is 0 Å². The number of nitrogens with zero attached hydrogens (tertiary/aromatic N) is 2. The molecule has 3 nitrogen and oxygen atoms in total. The summed E-state index contributed by atoms with van der Waals surface area (Å²) in [7, 11) is 6.42. The summed E-state index contributed by atoms with van der Waals surface area (Å²) in [6.45, 7) is 3.65. The van der Waals surface area contributed by atoms with Crippen molar-refractivity contribution in [2.24, 2.45) is 0 Å². The molecule has 0 saturated carbocycles. The molecule has 1 heterocycles. The molecule has 0 aliphatic carbocycles. The van der Waals surface area contributed by atoms with Crippen molar-refractivity contribution in [3.8, 4) is 0 Å². The third kappa shape index (κ3) is 4.30. The van der Waals surface area contributed by atoms with E-state index in [0.717, 1.165) is 6.04 Å². The number of nitrogens with one attached hydrogen (secondary N) is 1. The highest BCUT2D eigenvalue weighted by molar-refractivity contribution is 5.18. The summed E-state index contributed by atoms with van der Waals surface area (Å²) in [5.74, 6) is 0. The van der Waals surface area contributed by atoms with Gasteiger partial charge >= 0.3 is 0 Å². The van der Waals surface area contributed by atoms with Crippen LogP contribution < -0.4 is 5.32 Å². The van der Waals surface area contributed by atoms with Gasteiger partial charge in [-0.2, -0.15) is 0 Å². The van der Waals surface area contributed by atoms with Crippen molar-refractivity contribution in [1.82, 2.24) is 15.1 Å². The predicted molar refractivity (Wildman–Crippen MR) is 86.0 cm³/mol. The van der Waals surface area contributed by atoms with Crippen molar-refractivity contribution in [2.75, 3.05) is 40.8 Å². The van der Waals surface area contributed by atoms with Gasteiger partial charge < -0.3 is 10.2 Å². The van der Waals surface area contributed by atoms with Crippen LogP contribution in [-0.4, -0.2) is 56.6 Å². The maximum atomic E-state index is 3.46. The number of likely N-dealkylation sites (N-methyl/N-ethyl adjacent to an activating group) is 1. The summed E-state index contributed by atoms with van der Waals surface area (Å²) < 4.78 is 0. The third-order valence-corrected chi connectivity index (χ3v) is 4.33. The van der Waals surface area contributed by atoms with Gasteiger partial charge in [-0.25, -0.2) is 0 Å². The molecule has 0 aromatic heterocycles. The van der Waals surface area contributed by atoms with Crippen LogP contribution in [0.4, 0.5) is 0 Å². The van der Waals surface area contributed by atoms with Gasteiger partial charge in [0.2, 0.25) is 0 Å². The van der Waals surface area contributed by atoms with Crippen LogP contribution in [-0.2, 0) is 0 Å². The molecular weight excluding hydrogens is 246 g/mol. The molecule has 1 aliphatic rings. The van der Waals surface area contributed by atoms with Crippen molar-refractivity contribution in [2.45, 2.75) is 31.3 Å². The SMILES string of the molecule is CNC(CCN1CCCC1CN(C)C)c1ccccc1. The van der Waals surface area contributed by atoms with E-state index in [-0.39, 0.29) is 0 Å². The zero-order valence-electron chi connectivity index (χ0n) is 13.2. The van der Waals surface area contributed by atoms with Gasteiger partial charge in [0.05, 0.1) is 0 Å². The van der Waals surface area contributed by atoms with Crippen LogP contribution in [0.25, 0.3) is 0 Å². The van der Waals surface area contributed by atoms with E-state index < -0.39 is 0 Å². The first kappa shape index (κ1) is 15.5. The molecule has 2 rings (SSSR count). The Morgan fingerprint density at radius 1 is 1.30 bits per heavy atom. The molecule has 0 spiro atoms. The second kappa shape index (κ2) is 7.77. The first-order valence-electron chi connectivity index (χ1n) is 7.81. The average molecular weight is 275 g/mol. The van der Waals surface area contributed by atoms with Gasteiger partial charge in [-0.1, -0.05) is 30.3 Å². The number of benzene rings is 1. The van der Waals surface area contributed by atoms with Gasteiger partial charge in [-0.15, -0.1) is 0 Å². The summed E-state index contributed by atoms with van der Waals surface area (Å²) in [5, 5.41) is 3.46. The van der Waals surface area contributed by atoms with Gasteiger partial charge in [-0.3, -0.25) is 4.90 Å². The van der Waals surface area contributed by atoms with Gasteiger partial charge in [0.1, 0.15) is 0 Å². The summed E-state index contributed by atoms with van der Waals surface area (Å²) in [4.78, 5) is 4.99. The Bertz CT molecular complexity index is 377. The molecule has 1 N–H and O–H groups in total. The second-order valence-electron chi connectivity index (χ2n) is 6.13. The van der Waals surface area contributed by atoms with E-state index in [1.54, 1.807) is 0 Å². The minimum absolute atomic E-state index is 0.469. The Balaban J connectivity index is 1.86. The maximum absolute atomic E-state index is 3.46. The van der Waals surface area contributed by atoms with Crippen molar-refractivity contribution in [3.05, 3.63) is 35.9 Å². The highest BCUT2D eigenvalue weighted by atomic mass is 15.2. The van der Waals surface area contributed by atoms with Gasteiger partial charge in [0, 0.05) is 25.2 Å². The highest BCUT2D eigenvalue weighted by Crippen LogP contribution is 2.21. The van der Waals surface area contributed by atoms with Crippen molar-refractivity contribution >= 4 is 0 Å². The number of rotatable bonds is 7. The second-order valence-corrected chi connectivity index (χ2v) is 6.13. The number of hydrogen-bond donors (Lipinski definition) is 1. The zero-order valence-corrected chi connectivity index (χ0v) is 13.2. The molecule has 0 radical (unpaired) electrons. The lowest BCUT2D eigenvalue weighted by atomic mass is 10.0. The Morgan fingerprint density at radius 2 is 2.05 bits per heavy atom. The van der Waals surface area contributed by atoms with E-state index in [0.29, 0.717) is 6.04 Å². The van der Waals surface area contributed by atoms with E-state index in [1.165, 1.54) is 44.5 Å². The highest BCUT2D eigenvalue weighted by Gasteiger charge is 2.25. The first-order chi connectivity index (χ1) is 9.70. The summed E-state index contributed by atoms with van der Waals surface area (Å²) in [5.41, 5.74) is 1.40. The standard InChI is InChI=1S/C17H29N3/c1-18-17(15-8-5-4-6-9-15)11-13-20-12-7-10-16(20)14-19(2)3/h4-6,8-9,16-18H,7,10-14H2,1-3H3. The lowest BCUT2D eigenvalue weighted by Crippen LogP contribution is -2.39. The molecule has 20 heavy (non-hydrogen) atoms. The molecule has 112 valence electrons. The fourth-order valence-electron chi connectivity index (χ4n) is 3.28. The van der Waals surface area contributed by atoms with Crippen molar-refractivity contribution in [1.29, 1.82) is 0 Å². The van der Waals surface area contributed by atoms with Crippen LogP contribution in [0.5, 0.6) is 0 Å². The molecule has 1 aliphatic heterocycles. The molecule has 0 bridgehead atoms. The molecule has 2 atom stereocenters. The van der Waals surface area contributed by atoms with Crippen LogP contribution in [0.2, 0.25) is 0 Å². The predicted octanol–water partition coefficient (Wildman–Crippen LogP) is 2.36. The Labute approximate surface area is 124 Å². The topological polar surface area (TPSA) is 18.5 Å². The molecular formula is C17H29N3. The van der Waals surface area contributed by atoms with Crippen LogP contribution >= 0.6 is 0 Å². The van der Waals surface area contributed by atoms with Gasteiger partial charge in [0.15, 0.2) is 0 Å². The summed E-state index contributed by atoms with van der Waals surface area (Å²) in [6, 6.07) is 12.0. The van der Waals surface area contributed by atoms with E-state index in [9.17, 15) is 0 Å². The smallest absolute Gasteiger partial charge is 0.0329 e. The van der Waals surface area contributed by atoms with Crippen LogP contribution in [0.1, 0.15) is 30.9 Å². The Hall–Kier alpha value is -0.900. The fourth-order valence-corrected chi connectivity index (χ4v) is 3.28. The lowest BCUT2D eigenvalue weighted by molar-refractivity contribution is 0.200. The van der Waals surface area contributed by atoms with E-state index in [2.05, 4.69) is 66.6 Å². The fraction of sp³-hybridized carbons (Fsp3) is 0.647. The summed E-state index contributed by atoms with van der Waals surface area (Å²) in [6.07, 6.45) is 3.90.